The average Bonchev–Trinajstić information content (AvgIpc) is 2.96. The molecule has 1 aromatic heterocycles. The number of aromatic nitrogens is 1. The lowest BCUT2D eigenvalue weighted by atomic mass is 10.2. The van der Waals surface area contributed by atoms with Crippen molar-refractivity contribution in [3.63, 3.8) is 0 Å². The zero-order chi connectivity index (χ0) is 13.0. The van der Waals surface area contributed by atoms with Crippen LogP contribution < -0.4 is 11.1 Å². The van der Waals surface area contributed by atoms with Gasteiger partial charge in [0.2, 0.25) is 0 Å². The van der Waals surface area contributed by atoms with Crippen LogP contribution in [-0.4, -0.2) is 36.3 Å². The SMILES string of the molecule is COCCn1cccc1C(=O)NC1CCCC1N. The highest BCUT2D eigenvalue weighted by Gasteiger charge is 2.26. The number of methoxy groups -OCH3 is 1. The number of hydrogen-bond donors (Lipinski definition) is 2. The summed E-state index contributed by atoms with van der Waals surface area (Å²) >= 11 is 0. The number of nitrogens with zero attached hydrogens (tertiary/aromatic N) is 1. The molecule has 1 heterocycles. The summed E-state index contributed by atoms with van der Waals surface area (Å²) in [6.45, 7) is 1.28. The quantitative estimate of drug-likeness (QED) is 0.811. The Hall–Kier alpha value is -1.33. The summed E-state index contributed by atoms with van der Waals surface area (Å²) in [6.07, 6.45) is 4.96. The highest BCUT2D eigenvalue weighted by molar-refractivity contribution is 5.93. The Labute approximate surface area is 107 Å². The summed E-state index contributed by atoms with van der Waals surface area (Å²) in [5.41, 5.74) is 6.63. The van der Waals surface area contributed by atoms with Crippen molar-refractivity contribution in [2.45, 2.75) is 37.9 Å². The number of carbonyl (C=O) groups excluding carboxylic acids is 1. The van der Waals surface area contributed by atoms with Crippen LogP contribution >= 0.6 is 0 Å². The molecule has 0 saturated heterocycles. The molecule has 1 aliphatic carbocycles. The van der Waals surface area contributed by atoms with E-state index in [-0.39, 0.29) is 18.0 Å². The molecule has 1 fully saturated rings. The molecule has 1 aliphatic rings. The minimum absolute atomic E-state index is 0.0431. The highest BCUT2D eigenvalue weighted by Crippen LogP contribution is 2.17. The van der Waals surface area contributed by atoms with E-state index in [0.717, 1.165) is 19.3 Å². The van der Waals surface area contributed by atoms with Gasteiger partial charge in [0, 0.05) is 31.9 Å². The molecule has 1 aromatic rings. The first-order valence-corrected chi connectivity index (χ1v) is 6.43. The topological polar surface area (TPSA) is 69.3 Å². The van der Waals surface area contributed by atoms with Gasteiger partial charge >= 0.3 is 0 Å². The molecule has 2 atom stereocenters. The van der Waals surface area contributed by atoms with Gasteiger partial charge in [-0.05, 0) is 31.4 Å². The molecular formula is C13H21N3O2. The number of hydrogen-bond acceptors (Lipinski definition) is 3. The van der Waals surface area contributed by atoms with Crippen LogP contribution in [0.5, 0.6) is 0 Å². The minimum Gasteiger partial charge on any atom is -0.383 e. The van der Waals surface area contributed by atoms with Crippen LogP contribution in [0.4, 0.5) is 0 Å². The van der Waals surface area contributed by atoms with Gasteiger partial charge in [0.05, 0.1) is 6.61 Å². The van der Waals surface area contributed by atoms with E-state index in [1.807, 2.05) is 22.9 Å². The number of carbonyl (C=O) groups is 1. The Balaban J connectivity index is 1.97. The standard InChI is InChI=1S/C13H21N3O2/c1-18-9-8-16-7-3-6-12(16)13(17)15-11-5-2-4-10(11)14/h3,6-7,10-11H,2,4-5,8-9,14H2,1H3,(H,15,17). The van der Waals surface area contributed by atoms with Gasteiger partial charge in [-0.3, -0.25) is 4.79 Å². The van der Waals surface area contributed by atoms with Gasteiger partial charge < -0.3 is 20.4 Å². The van der Waals surface area contributed by atoms with Crippen LogP contribution in [0.15, 0.2) is 18.3 Å². The van der Waals surface area contributed by atoms with Gasteiger partial charge in [-0.15, -0.1) is 0 Å². The second-order valence-corrected chi connectivity index (χ2v) is 4.75. The van der Waals surface area contributed by atoms with E-state index >= 15 is 0 Å². The molecule has 100 valence electrons. The van der Waals surface area contributed by atoms with E-state index in [2.05, 4.69) is 5.32 Å². The third-order valence-electron chi connectivity index (χ3n) is 3.48. The van der Waals surface area contributed by atoms with E-state index < -0.39 is 0 Å². The maximum atomic E-state index is 12.2. The van der Waals surface area contributed by atoms with Gasteiger partial charge in [-0.25, -0.2) is 0 Å². The van der Waals surface area contributed by atoms with Gasteiger partial charge in [0.15, 0.2) is 0 Å². The smallest absolute Gasteiger partial charge is 0.268 e. The zero-order valence-electron chi connectivity index (χ0n) is 10.8. The molecule has 0 aromatic carbocycles. The van der Waals surface area contributed by atoms with Crippen molar-refractivity contribution in [3.05, 3.63) is 24.0 Å². The summed E-state index contributed by atoms with van der Waals surface area (Å²) in [7, 11) is 1.65. The number of nitrogens with one attached hydrogen (secondary N) is 1. The van der Waals surface area contributed by atoms with E-state index in [4.69, 9.17) is 10.5 Å². The molecule has 3 N–H and O–H groups in total. The highest BCUT2D eigenvalue weighted by atomic mass is 16.5. The van der Waals surface area contributed by atoms with E-state index in [1.54, 1.807) is 7.11 Å². The van der Waals surface area contributed by atoms with Crippen molar-refractivity contribution in [2.24, 2.45) is 5.73 Å². The second kappa shape index (κ2) is 6.02. The average molecular weight is 251 g/mol. The fourth-order valence-electron chi connectivity index (χ4n) is 2.42. The largest absolute Gasteiger partial charge is 0.383 e. The van der Waals surface area contributed by atoms with E-state index in [1.165, 1.54) is 0 Å². The van der Waals surface area contributed by atoms with Crippen LogP contribution in [0.3, 0.4) is 0 Å². The maximum absolute atomic E-state index is 12.2. The summed E-state index contributed by atoms with van der Waals surface area (Å²) in [5, 5.41) is 3.02. The molecule has 1 saturated carbocycles. The van der Waals surface area contributed by atoms with Gasteiger partial charge in [-0.1, -0.05) is 0 Å². The van der Waals surface area contributed by atoms with Crippen molar-refractivity contribution in [3.8, 4) is 0 Å². The van der Waals surface area contributed by atoms with Crippen molar-refractivity contribution in [2.75, 3.05) is 13.7 Å². The zero-order valence-corrected chi connectivity index (χ0v) is 10.8. The Morgan fingerprint density at radius 1 is 1.61 bits per heavy atom. The Bertz CT molecular complexity index is 403. The molecular weight excluding hydrogens is 230 g/mol. The fraction of sp³-hybridized carbons (Fsp3) is 0.615. The lowest BCUT2D eigenvalue weighted by molar-refractivity contribution is 0.0922. The van der Waals surface area contributed by atoms with E-state index in [0.29, 0.717) is 18.8 Å². The number of rotatable bonds is 5. The van der Waals surface area contributed by atoms with Crippen molar-refractivity contribution in [1.82, 2.24) is 9.88 Å². The van der Waals surface area contributed by atoms with Gasteiger partial charge in [0.25, 0.3) is 5.91 Å². The normalized spacial score (nSPS) is 23.2. The van der Waals surface area contributed by atoms with Crippen LogP contribution in [-0.2, 0) is 11.3 Å². The lowest BCUT2D eigenvalue weighted by Gasteiger charge is -2.18. The van der Waals surface area contributed by atoms with E-state index in [9.17, 15) is 4.79 Å². The Morgan fingerprint density at radius 2 is 2.44 bits per heavy atom. The maximum Gasteiger partial charge on any atom is 0.268 e. The molecule has 1 amide bonds. The van der Waals surface area contributed by atoms with Crippen molar-refractivity contribution < 1.29 is 9.53 Å². The summed E-state index contributed by atoms with van der Waals surface area (Å²) in [4.78, 5) is 12.2. The first-order chi connectivity index (χ1) is 8.72. The number of ether oxygens (including phenoxy) is 1. The van der Waals surface area contributed by atoms with Crippen LogP contribution in [0.25, 0.3) is 0 Å². The molecule has 0 spiro atoms. The molecule has 2 unspecified atom stereocenters. The fourth-order valence-corrected chi connectivity index (χ4v) is 2.42. The summed E-state index contributed by atoms with van der Waals surface area (Å²) in [5.74, 6) is -0.0431. The first kappa shape index (κ1) is 13.1. The second-order valence-electron chi connectivity index (χ2n) is 4.75. The third-order valence-corrected chi connectivity index (χ3v) is 3.48. The minimum atomic E-state index is -0.0431. The van der Waals surface area contributed by atoms with Gasteiger partial charge in [-0.2, -0.15) is 0 Å². The predicted octanol–water partition coefficient (Wildman–Crippen LogP) is 0.744. The molecule has 5 heteroatoms. The summed E-state index contributed by atoms with van der Waals surface area (Å²) in [6, 6.07) is 3.91. The van der Waals surface area contributed by atoms with Crippen LogP contribution in [0, 0.1) is 0 Å². The van der Waals surface area contributed by atoms with Gasteiger partial charge in [0.1, 0.15) is 5.69 Å². The molecule has 0 radical (unpaired) electrons. The molecule has 0 bridgehead atoms. The molecule has 18 heavy (non-hydrogen) atoms. The molecule has 0 aliphatic heterocycles. The first-order valence-electron chi connectivity index (χ1n) is 6.43. The molecule has 5 nitrogen and oxygen atoms in total. The summed E-state index contributed by atoms with van der Waals surface area (Å²) < 4.78 is 6.93. The van der Waals surface area contributed by atoms with Crippen molar-refractivity contribution >= 4 is 5.91 Å². The third kappa shape index (κ3) is 2.91. The monoisotopic (exact) mass is 251 g/mol. The Kier molecular flexibility index (Phi) is 4.38. The number of nitrogens with two attached hydrogens (primary N) is 1. The lowest BCUT2D eigenvalue weighted by Crippen LogP contribution is -2.44. The molecule has 2 rings (SSSR count). The van der Waals surface area contributed by atoms with Crippen LogP contribution in [0.2, 0.25) is 0 Å². The number of amides is 1. The Morgan fingerprint density at radius 3 is 3.11 bits per heavy atom. The predicted molar refractivity (Wildman–Crippen MR) is 69.4 cm³/mol. The van der Waals surface area contributed by atoms with Crippen LogP contribution in [0.1, 0.15) is 29.8 Å². The van der Waals surface area contributed by atoms with Crippen molar-refractivity contribution in [1.29, 1.82) is 0 Å².